The minimum atomic E-state index is -4.52. The Morgan fingerprint density at radius 3 is 1.44 bits per heavy atom. The van der Waals surface area contributed by atoms with Crippen LogP contribution < -0.4 is 4.89 Å². The van der Waals surface area contributed by atoms with Gasteiger partial charge in [0.15, 0.2) is 0 Å². The van der Waals surface area contributed by atoms with Crippen LogP contribution in [0.15, 0.2) is 24.3 Å². The van der Waals surface area contributed by atoms with Crippen LogP contribution in [-0.4, -0.2) is 70.7 Å². The molecule has 0 saturated heterocycles. The molecule has 0 aliphatic rings. The van der Waals surface area contributed by atoms with Gasteiger partial charge in [-0.15, -0.1) is 0 Å². The maximum atomic E-state index is 12.7. The maximum absolute atomic E-state index is 12.7. The molecule has 0 fully saturated rings. The fourth-order valence-corrected chi connectivity index (χ4v) is 7.48. The van der Waals surface area contributed by atoms with Gasteiger partial charge in [-0.1, -0.05) is 192 Å². The summed E-state index contributed by atoms with van der Waals surface area (Å²) in [6.45, 7) is 5.42. The molecule has 9 heteroatoms. The Morgan fingerprint density at radius 2 is 0.965 bits per heavy atom. The number of allylic oxidation sites excluding steroid dienone is 4. The molecule has 8 nitrogen and oxygen atoms in total. The van der Waals surface area contributed by atoms with Gasteiger partial charge in [-0.2, -0.15) is 0 Å². The number of hydrogen-bond acceptors (Lipinski definition) is 7. The van der Waals surface area contributed by atoms with Crippen LogP contribution in [0.5, 0.6) is 0 Å². The van der Waals surface area contributed by atoms with Gasteiger partial charge in [-0.05, 0) is 44.9 Å². The van der Waals surface area contributed by atoms with E-state index in [-0.39, 0.29) is 25.8 Å². The molecule has 0 aromatic heterocycles. The number of ether oxygens (including phenoxy) is 2. The highest BCUT2D eigenvalue weighted by Gasteiger charge is 2.20. The van der Waals surface area contributed by atoms with Crippen molar-refractivity contribution in [3.63, 3.8) is 0 Å². The summed E-state index contributed by atoms with van der Waals surface area (Å²) in [5.41, 5.74) is 0. The van der Waals surface area contributed by atoms with Gasteiger partial charge in [0.25, 0.3) is 7.82 Å². The summed E-state index contributed by atoms with van der Waals surface area (Å²) < 4.78 is 34.7. The van der Waals surface area contributed by atoms with Crippen molar-refractivity contribution >= 4 is 13.8 Å². The van der Waals surface area contributed by atoms with E-state index in [1.54, 1.807) is 0 Å². The predicted molar refractivity (Wildman–Crippen MR) is 240 cm³/mol. The number of carbonyl (C=O) groups excluding carboxylic acids is 1. The number of quaternary nitrogens is 1. The monoisotopic (exact) mass is 828 g/mol. The number of likely N-dealkylation sites (N-methyl/N-ethyl adjacent to an activating group) is 1. The first-order valence-corrected chi connectivity index (χ1v) is 25.5. The van der Waals surface area contributed by atoms with E-state index >= 15 is 0 Å². The molecule has 0 aromatic carbocycles. The zero-order valence-corrected chi connectivity index (χ0v) is 39.2. The van der Waals surface area contributed by atoms with Crippen LogP contribution in [0.1, 0.15) is 219 Å². The second-order valence-corrected chi connectivity index (χ2v) is 18.9. The Balaban J connectivity index is 4.17. The molecule has 0 heterocycles. The van der Waals surface area contributed by atoms with Crippen LogP contribution in [0, 0.1) is 0 Å². The fraction of sp³-hybridized carbons (Fsp3) is 0.896. The molecule has 0 bridgehead atoms. The molecule has 0 aliphatic heterocycles. The van der Waals surface area contributed by atoms with Crippen molar-refractivity contribution in [1.82, 2.24) is 0 Å². The maximum Gasteiger partial charge on any atom is 0.306 e. The fourth-order valence-electron chi connectivity index (χ4n) is 6.75. The highest BCUT2D eigenvalue weighted by Crippen LogP contribution is 2.38. The lowest BCUT2D eigenvalue weighted by Crippen LogP contribution is -2.37. The van der Waals surface area contributed by atoms with Crippen LogP contribution in [0.4, 0.5) is 0 Å². The predicted octanol–water partition coefficient (Wildman–Crippen LogP) is 13.8. The molecule has 57 heavy (non-hydrogen) atoms. The number of phosphoric ester groups is 1. The summed E-state index contributed by atoms with van der Waals surface area (Å²) >= 11 is 0. The zero-order chi connectivity index (χ0) is 42.0. The van der Waals surface area contributed by atoms with Crippen molar-refractivity contribution in [3.05, 3.63) is 24.3 Å². The van der Waals surface area contributed by atoms with Crippen LogP contribution in [0.3, 0.4) is 0 Å². The van der Waals surface area contributed by atoms with E-state index in [1.807, 2.05) is 21.1 Å². The van der Waals surface area contributed by atoms with Crippen molar-refractivity contribution < 1.29 is 37.3 Å². The number of hydrogen-bond donors (Lipinski definition) is 0. The molecule has 0 amide bonds. The van der Waals surface area contributed by atoms with Gasteiger partial charge in [0, 0.05) is 13.0 Å². The Hall–Kier alpha value is -1.02. The van der Waals surface area contributed by atoms with Gasteiger partial charge >= 0.3 is 5.97 Å². The first-order valence-electron chi connectivity index (χ1n) is 24.1. The first kappa shape index (κ1) is 56.0. The van der Waals surface area contributed by atoms with Gasteiger partial charge in [0.05, 0.1) is 34.4 Å². The SMILES string of the molecule is CCCCCC/C=C\C/C=C\CCCCCCCCCCOCC(COP(=O)([O-])OCC[N+](C)(C)C)OC(=O)CCCCCCCCCCCCCCCCCC. The molecule has 2 unspecified atom stereocenters. The summed E-state index contributed by atoms with van der Waals surface area (Å²) in [6.07, 6.45) is 47.6. The average Bonchev–Trinajstić information content (AvgIpc) is 3.16. The van der Waals surface area contributed by atoms with E-state index in [4.69, 9.17) is 18.5 Å². The lowest BCUT2D eigenvalue weighted by atomic mass is 10.0. The van der Waals surface area contributed by atoms with Crippen LogP contribution >= 0.6 is 7.82 Å². The Kier molecular flexibility index (Phi) is 41.0. The van der Waals surface area contributed by atoms with Gasteiger partial charge in [0.2, 0.25) is 0 Å². The van der Waals surface area contributed by atoms with E-state index in [1.165, 1.54) is 161 Å². The first-order chi connectivity index (χ1) is 27.6. The standard InChI is InChI=1S/C48H94NO7P/c1-6-8-10-12-14-16-18-20-22-24-25-26-28-30-32-34-36-38-40-43-53-45-47(46-55-57(51,52)54-44-42-49(3,4)5)56-48(50)41-39-37-35-33-31-29-27-23-21-19-17-15-13-11-9-7-2/h16,18,22,24,47H,6-15,17,19-21,23,25-46H2,1-5H3/b18-16-,24-22-. The quantitative estimate of drug-likeness (QED) is 0.0198. The van der Waals surface area contributed by atoms with Gasteiger partial charge in [-0.3, -0.25) is 9.36 Å². The molecule has 0 saturated carbocycles. The lowest BCUT2D eigenvalue weighted by Gasteiger charge is -2.28. The lowest BCUT2D eigenvalue weighted by molar-refractivity contribution is -0.870. The van der Waals surface area contributed by atoms with Gasteiger partial charge < -0.3 is 27.9 Å². The minimum Gasteiger partial charge on any atom is -0.756 e. The Bertz CT molecular complexity index is 967. The summed E-state index contributed by atoms with van der Waals surface area (Å²) in [6, 6.07) is 0. The number of phosphoric acid groups is 1. The Labute approximate surface area is 353 Å². The minimum absolute atomic E-state index is 0.0270. The summed E-state index contributed by atoms with van der Waals surface area (Å²) in [5, 5.41) is 0. The Morgan fingerprint density at radius 1 is 0.544 bits per heavy atom. The number of rotatable bonds is 45. The largest absolute Gasteiger partial charge is 0.756 e. The molecular weight excluding hydrogens is 734 g/mol. The highest BCUT2D eigenvalue weighted by atomic mass is 31.2. The van der Waals surface area contributed by atoms with Crippen LogP contribution in [0.25, 0.3) is 0 Å². The third-order valence-corrected chi connectivity index (χ3v) is 11.5. The van der Waals surface area contributed by atoms with Crippen LogP contribution in [0.2, 0.25) is 0 Å². The molecule has 0 radical (unpaired) electrons. The third kappa shape index (κ3) is 45.9. The number of nitrogens with zero attached hydrogens (tertiary/aromatic N) is 1. The summed E-state index contributed by atoms with van der Waals surface area (Å²) in [4.78, 5) is 25.1. The zero-order valence-electron chi connectivity index (χ0n) is 38.3. The van der Waals surface area contributed by atoms with Crippen molar-refractivity contribution in [2.75, 3.05) is 54.1 Å². The van der Waals surface area contributed by atoms with E-state index in [0.717, 1.165) is 38.5 Å². The molecule has 0 spiro atoms. The summed E-state index contributed by atoms with van der Waals surface area (Å²) in [5.74, 6) is -0.332. The average molecular weight is 828 g/mol. The normalized spacial score (nSPS) is 13.9. The number of esters is 1. The number of unbranched alkanes of at least 4 members (excludes halogenated alkanes) is 27. The van der Waals surface area contributed by atoms with E-state index < -0.39 is 13.9 Å². The van der Waals surface area contributed by atoms with Crippen molar-refractivity contribution in [1.29, 1.82) is 0 Å². The van der Waals surface area contributed by atoms with E-state index in [9.17, 15) is 14.3 Å². The topological polar surface area (TPSA) is 94.1 Å². The second kappa shape index (κ2) is 41.7. The highest BCUT2D eigenvalue weighted by molar-refractivity contribution is 7.45. The van der Waals surface area contributed by atoms with Crippen molar-refractivity contribution in [3.8, 4) is 0 Å². The van der Waals surface area contributed by atoms with Crippen LogP contribution in [-0.2, 0) is 27.9 Å². The third-order valence-electron chi connectivity index (χ3n) is 10.5. The van der Waals surface area contributed by atoms with E-state index in [2.05, 4.69) is 38.2 Å². The molecule has 0 aromatic rings. The molecule has 0 rings (SSSR count). The molecular formula is C48H94NO7P. The van der Waals surface area contributed by atoms with Crippen molar-refractivity contribution in [2.45, 2.75) is 225 Å². The van der Waals surface area contributed by atoms with Gasteiger partial charge in [0.1, 0.15) is 19.3 Å². The molecule has 2 atom stereocenters. The van der Waals surface area contributed by atoms with Gasteiger partial charge in [-0.25, -0.2) is 0 Å². The number of carbonyl (C=O) groups is 1. The molecule has 0 aliphatic carbocycles. The second-order valence-electron chi connectivity index (χ2n) is 17.5. The molecule has 338 valence electrons. The van der Waals surface area contributed by atoms with E-state index in [0.29, 0.717) is 24.1 Å². The van der Waals surface area contributed by atoms with Crippen molar-refractivity contribution in [2.24, 2.45) is 0 Å². The summed E-state index contributed by atoms with van der Waals surface area (Å²) in [7, 11) is 1.36. The molecule has 0 N–H and O–H groups in total. The smallest absolute Gasteiger partial charge is 0.306 e.